The molecule has 4 aromatic rings. The van der Waals surface area contributed by atoms with Crippen molar-refractivity contribution in [3.8, 4) is 10.6 Å². The molecule has 0 radical (unpaired) electrons. The molecule has 0 spiro atoms. The van der Waals surface area contributed by atoms with E-state index in [4.69, 9.17) is 4.42 Å². The quantitative estimate of drug-likeness (QED) is 0.536. The van der Waals surface area contributed by atoms with Gasteiger partial charge in [0.05, 0.1) is 10.6 Å². The summed E-state index contributed by atoms with van der Waals surface area (Å²) in [5.41, 5.74) is 2.34. The molecule has 4 heterocycles. The van der Waals surface area contributed by atoms with Crippen LogP contribution in [0, 0.1) is 6.92 Å². The average Bonchev–Trinajstić information content (AvgIpc) is 3.05. The van der Waals surface area contributed by atoms with Crippen molar-refractivity contribution >= 4 is 43.1 Å². The van der Waals surface area contributed by atoms with Crippen molar-refractivity contribution in [3.05, 3.63) is 46.0 Å². The first kappa shape index (κ1) is 11.7. The molecule has 0 atom stereocenters. The van der Waals surface area contributed by atoms with Gasteiger partial charge in [-0.05, 0) is 30.0 Å². The molecule has 0 aliphatic carbocycles. The Morgan fingerprint density at radius 1 is 1.35 bits per heavy atom. The normalized spacial score (nSPS) is 11.4. The van der Waals surface area contributed by atoms with Crippen LogP contribution in [0.15, 0.2) is 39.2 Å². The number of thiophene rings is 2. The van der Waals surface area contributed by atoms with E-state index in [1.165, 1.54) is 17.7 Å². The standard InChI is InChI=1S/C14H8N2O2S2/c1-7-5-8(9-3-2-4-19-9)16-13-10(7)11-12(20-13)14(17)18-6-15-11/h2-6H,1H3. The molecule has 0 aliphatic rings. The van der Waals surface area contributed by atoms with Gasteiger partial charge in [-0.1, -0.05) is 6.07 Å². The number of pyridine rings is 1. The minimum atomic E-state index is -0.352. The molecule has 98 valence electrons. The molecule has 6 heteroatoms. The minimum absolute atomic E-state index is 0.352. The molecule has 0 bridgehead atoms. The van der Waals surface area contributed by atoms with E-state index >= 15 is 0 Å². The molecular formula is C14H8N2O2S2. The van der Waals surface area contributed by atoms with Crippen molar-refractivity contribution in [1.29, 1.82) is 0 Å². The first-order valence-corrected chi connectivity index (χ1v) is 7.65. The second-order valence-electron chi connectivity index (χ2n) is 4.40. The Morgan fingerprint density at radius 2 is 2.25 bits per heavy atom. The highest BCUT2D eigenvalue weighted by atomic mass is 32.1. The summed E-state index contributed by atoms with van der Waals surface area (Å²) in [5.74, 6) is 0. The van der Waals surface area contributed by atoms with Gasteiger partial charge in [-0.2, -0.15) is 0 Å². The summed E-state index contributed by atoms with van der Waals surface area (Å²) in [6.07, 6.45) is 1.20. The maximum absolute atomic E-state index is 11.8. The van der Waals surface area contributed by atoms with Crippen LogP contribution in [-0.2, 0) is 0 Å². The second kappa shape index (κ2) is 4.22. The van der Waals surface area contributed by atoms with Gasteiger partial charge in [0, 0.05) is 5.39 Å². The lowest BCUT2D eigenvalue weighted by Crippen LogP contribution is -1.96. The number of nitrogens with zero attached hydrogens (tertiary/aromatic N) is 2. The highest BCUT2D eigenvalue weighted by Gasteiger charge is 2.15. The average molecular weight is 300 g/mol. The van der Waals surface area contributed by atoms with Gasteiger partial charge in [0.25, 0.3) is 0 Å². The van der Waals surface area contributed by atoms with Crippen LogP contribution in [-0.4, -0.2) is 9.97 Å². The third kappa shape index (κ3) is 1.62. The summed E-state index contributed by atoms with van der Waals surface area (Å²) < 4.78 is 5.36. The zero-order valence-electron chi connectivity index (χ0n) is 10.4. The Morgan fingerprint density at radius 3 is 3.05 bits per heavy atom. The van der Waals surface area contributed by atoms with Crippen molar-refractivity contribution in [2.45, 2.75) is 6.92 Å². The Labute approximate surface area is 121 Å². The van der Waals surface area contributed by atoms with Crippen LogP contribution in [0.4, 0.5) is 0 Å². The molecule has 0 saturated heterocycles. The maximum Gasteiger partial charge on any atom is 0.356 e. The smallest absolute Gasteiger partial charge is 0.356 e. The van der Waals surface area contributed by atoms with Gasteiger partial charge < -0.3 is 4.42 Å². The fraction of sp³-hybridized carbons (Fsp3) is 0.0714. The van der Waals surface area contributed by atoms with E-state index in [0.717, 1.165) is 26.4 Å². The summed E-state index contributed by atoms with van der Waals surface area (Å²) in [4.78, 5) is 22.6. The molecule has 0 saturated carbocycles. The molecule has 0 aromatic carbocycles. The van der Waals surface area contributed by atoms with Crippen LogP contribution in [0.5, 0.6) is 0 Å². The number of fused-ring (bicyclic) bond motifs is 3. The summed E-state index contributed by atoms with van der Waals surface area (Å²) >= 11 is 2.99. The minimum Gasteiger partial charge on any atom is -0.410 e. The lowest BCUT2D eigenvalue weighted by Gasteiger charge is -2.01. The predicted octanol–water partition coefficient (Wildman–Crippen LogP) is 3.83. The lowest BCUT2D eigenvalue weighted by atomic mass is 10.1. The SMILES string of the molecule is Cc1cc(-c2cccs2)nc2sc3c(=O)ocnc3c12. The Kier molecular flexibility index (Phi) is 2.48. The molecule has 4 rings (SSSR count). The molecule has 0 N–H and O–H groups in total. The number of hydrogen-bond donors (Lipinski definition) is 0. The van der Waals surface area contributed by atoms with Gasteiger partial charge in [0.2, 0.25) is 0 Å². The Balaban J connectivity index is 2.14. The topological polar surface area (TPSA) is 56.0 Å². The molecule has 4 aromatic heterocycles. The Hall–Kier alpha value is -2.05. The second-order valence-corrected chi connectivity index (χ2v) is 6.35. The molecule has 20 heavy (non-hydrogen) atoms. The van der Waals surface area contributed by atoms with E-state index in [9.17, 15) is 4.79 Å². The van der Waals surface area contributed by atoms with Gasteiger partial charge in [-0.25, -0.2) is 14.8 Å². The van der Waals surface area contributed by atoms with Gasteiger partial charge in [-0.3, -0.25) is 0 Å². The zero-order valence-corrected chi connectivity index (χ0v) is 12.0. The number of rotatable bonds is 1. The molecular weight excluding hydrogens is 292 g/mol. The fourth-order valence-corrected chi connectivity index (χ4v) is 4.02. The molecule has 0 amide bonds. The number of aromatic nitrogens is 2. The first-order chi connectivity index (χ1) is 9.74. The van der Waals surface area contributed by atoms with E-state index < -0.39 is 0 Å². The van der Waals surface area contributed by atoms with Gasteiger partial charge in [-0.15, -0.1) is 22.7 Å². The summed E-state index contributed by atoms with van der Waals surface area (Å²) in [5, 5.41) is 2.97. The number of aryl methyl sites for hydroxylation is 1. The maximum atomic E-state index is 11.8. The van der Waals surface area contributed by atoms with E-state index in [1.54, 1.807) is 11.3 Å². The first-order valence-electron chi connectivity index (χ1n) is 5.95. The van der Waals surface area contributed by atoms with Crippen molar-refractivity contribution in [3.63, 3.8) is 0 Å². The van der Waals surface area contributed by atoms with Crippen molar-refractivity contribution < 1.29 is 4.42 Å². The fourth-order valence-electron chi connectivity index (χ4n) is 2.26. The van der Waals surface area contributed by atoms with Crippen molar-refractivity contribution in [2.24, 2.45) is 0 Å². The molecule has 0 aliphatic heterocycles. The largest absolute Gasteiger partial charge is 0.410 e. The van der Waals surface area contributed by atoms with Gasteiger partial charge in [0.15, 0.2) is 6.39 Å². The highest BCUT2D eigenvalue weighted by Crippen LogP contribution is 2.34. The summed E-state index contributed by atoms with van der Waals surface area (Å²) in [6.45, 7) is 2.02. The van der Waals surface area contributed by atoms with Crippen LogP contribution in [0.2, 0.25) is 0 Å². The van der Waals surface area contributed by atoms with Crippen molar-refractivity contribution in [2.75, 3.05) is 0 Å². The third-order valence-corrected chi connectivity index (χ3v) is 5.08. The van der Waals surface area contributed by atoms with E-state index in [2.05, 4.69) is 9.97 Å². The van der Waals surface area contributed by atoms with Gasteiger partial charge >= 0.3 is 5.63 Å². The monoisotopic (exact) mass is 300 g/mol. The summed E-state index contributed by atoms with van der Waals surface area (Å²) in [7, 11) is 0. The summed E-state index contributed by atoms with van der Waals surface area (Å²) in [6, 6.07) is 6.08. The highest BCUT2D eigenvalue weighted by molar-refractivity contribution is 7.25. The van der Waals surface area contributed by atoms with Crippen LogP contribution >= 0.6 is 22.7 Å². The van der Waals surface area contributed by atoms with Crippen LogP contribution in [0.25, 0.3) is 31.0 Å². The number of hydrogen-bond acceptors (Lipinski definition) is 6. The third-order valence-electron chi connectivity index (χ3n) is 3.13. The van der Waals surface area contributed by atoms with Crippen LogP contribution in [0.3, 0.4) is 0 Å². The van der Waals surface area contributed by atoms with Crippen LogP contribution < -0.4 is 5.63 Å². The lowest BCUT2D eigenvalue weighted by molar-refractivity contribution is 0.502. The predicted molar refractivity (Wildman–Crippen MR) is 81.5 cm³/mol. The molecule has 4 nitrogen and oxygen atoms in total. The van der Waals surface area contributed by atoms with E-state index in [0.29, 0.717) is 10.2 Å². The van der Waals surface area contributed by atoms with Crippen molar-refractivity contribution in [1.82, 2.24) is 9.97 Å². The van der Waals surface area contributed by atoms with E-state index in [-0.39, 0.29) is 5.63 Å². The molecule has 0 unspecified atom stereocenters. The van der Waals surface area contributed by atoms with E-state index in [1.807, 2.05) is 30.5 Å². The molecule has 0 fully saturated rings. The zero-order chi connectivity index (χ0) is 13.7. The van der Waals surface area contributed by atoms with Crippen LogP contribution in [0.1, 0.15) is 5.56 Å². The van der Waals surface area contributed by atoms with Gasteiger partial charge in [0.1, 0.15) is 15.0 Å². The Bertz CT molecular complexity index is 984.